The summed E-state index contributed by atoms with van der Waals surface area (Å²) in [5, 5.41) is 13.1. The van der Waals surface area contributed by atoms with Crippen LogP contribution in [-0.4, -0.2) is 17.4 Å². The number of nitro groups is 1. The van der Waals surface area contributed by atoms with E-state index in [-0.39, 0.29) is 30.8 Å². The molecule has 5 heteroatoms. The molecule has 98 valence electrons. The Kier molecular flexibility index (Phi) is 5.30. The molecule has 2 atom stereocenters. The Hall–Kier alpha value is -1.91. The molecule has 0 aliphatic heterocycles. The van der Waals surface area contributed by atoms with Crippen molar-refractivity contribution in [2.24, 2.45) is 5.92 Å². The van der Waals surface area contributed by atoms with Crippen LogP contribution in [0.2, 0.25) is 0 Å². The Bertz CT molecular complexity index is 406. The van der Waals surface area contributed by atoms with Crippen molar-refractivity contribution < 1.29 is 9.72 Å². The molecule has 1 aromatic rings. The third-order valence-electron chi connectivity index (χ3n) is 2.67. The van der Waals surface area contributed by atoms with Crippen molar-refractivity contribution in [1.82, 2.24) is 5.32 Å². The molecule has 5 nitrogen and oxygen atoms in total. The van der Waals surface area contributed by atoms with Crippen molar-refractivity contribution in [1.29, 1.82) is 0 Å². The molecule has 1 N–H and O–H groups in total. The van der Waals surface area contributed by atoms with Gasteiger partial charge in [-0.2, -0.15) is 0 Å². The highest BCUT2D eigenvalue weighted by atomic mass is 16.6. The quantitative estimate of drug-likeness (QED) is 0.621. The van der Waals surface area contributed by atoms with Crippen molar-refractivity contribution in [2.75, 3.05) is 6.54 Å². The van der Waals surface area contributed by atoms with Crippen LogP contribution >= 0.6 is 0 Å². The summed E-state index contributed by atoms with van der Waals surface area (Å²) < 4.78 is 0. The number of hydrogen-bond donors (Lipinski definition) is 1. The Morgan fingerprint density at radius 1 is 1.33 bits per heavy atom. The van der Waals surface area contributed by atoms with Crippen LogP contribution in [0.5, 0.6) is 0 Å². The van der Waals surface area contributed by atoms with E-state index in [1.807, 2.05) is 37.3 Å². The molecular weight excluding hydrogens is 232 g/mol. The molecule has 0 aliphatic rings. The summed E-state index contributed by atoms with van der Waals surface area (Å²) >= 11 is 0. The maximum atomic E-state index is 11.7. The van der Waals surface area contributed by atoms with Gasteiger partial charge in [0.05, 0.1) is 6.04 Å². The molecule has 1 aromatic carbocycles. The Labute approximate surface area is 106 Å². The number of nitrogens with one attached hydrogen (secondary N) is 1. The van der Waals surface area contributed by atoms with Gasteiger partial charge in [0.1, 0.15) is 0 Å². The van der Waals surface area contributed by atoms with Gasteiger partial charge in [0, 0.05) is 17.3 Å². The fourth-order valence-electron chi connectivity index (χ4n) is 1.76. The van der Waals surface area contributed by atoms with E-state index < -0.39 is 4.92 Å². The molecule has 1 amide bonds. The summed E-state index contributed by atoms with van der Waals surface area (Å²) in [7, 11) is 0. The SMILES string of the molecule is CC(CC(=O)N[C@@H](C)c1ccccc1)C[N+](=O)[O-]. The van der Waals surface area contributed by atoms with Gasteiger partial charge >= 0.3 is 0 Å². The lowest BCUT2D eigenvalue weighted by Crippen LogP contribution is -2.29. The first kappa shape index (κ1) is 14.2. The second-order valence-electron chi connectivity index (χ2n) is 4.52. The molecule has 0 heterocycles. The van der Waals surface area contributed by atoms with Crippen molar-refractivity contribution in [2.45, 2.75) is 26.3 Å². The van der Waals surface area contributed by atoms with E-state index in [0.29, 0.717) is 0 Å². The monoisotopic (exact) mass is 250 g/mol. The summed E-state index contributed by atoms with van der Waals surface area (Å²) in [6, 6.07) is 9.52. The number of benzene rings is 1. The Morgan fingerprint density at radius 2 is 1.94 bits per heavy atom. The van der Waals surface area contributed by atoms with Crippen LogP contribution in [0, 0.1) is 16.0 Å². The van der Waals surface area contributed by atoms with Gasteiger partial charge in [0.2, 0.25) is 12.5 Å². The predicted octanol–water partition coefficient (Wildman–Crippen LogP) is 2.17. The fourth-order valence-corrected chi connectivity index (χ4v) is 1.76. The standard InChI is InChI=1S/C13H18N2O3/c1-10(9-15(17)18)8-13(16)14-11(2)12-6-4-3-5-7-12/h3-7,10-11H,8-9H2,1-2H3,(H,14,16)/t10?,11-/m0/s1. The summed E-state index contributed by atoms with van der Waals surface area (Å²) in [6.07, 6.45) is 0.179. The van der Waals surface area contributed by atoms with E-state index in [1.165, 1.54) is 0 Å². The lowest BCUT2D eigenvalue weighted by atomic mass is 10.1. The van der Waals surface area contributed by atoms with Gasteiger partial charge in [-0.15, -0.1) is 0 Å². The fraction of sp³-hybridized carbons (Fsp3) is 0.462. The number of carbonyl (C=O) groups is 1. The highest BCUT2D eigenvalue weighted by molar-refractivity contribution is 5.76. The minimum Gasteiger partial charge on any atom is -0.350 e. The first-order chi connectivity index (χ1) is 8.49. The van der Waals surface area contributed by atoms with Gasteiger partial charge in [-0.3, -0.25) is 14.9 Å². The largest absolute Gasteiger partial charge is 0.350 e. The number of hydrogen-bond acceptors (Lipinski definition) is 3. The summed E-state index contributed by atoms with van der Waals surface area (Å²) in [6.45, 7) is 3.42. The molecule has 0 aliphatic carbocycles. The van der Waals surface area contributed by atoms with E-state index in [1.54, 1.807) is 6.92 Å². The predicted molar refractivity (Wildman–Crippen MR) is 68.6 cm³/mol. The average Bonchev–Trinajstić information content (AvgIpc) is 2.28. The first-order valence-corrected chi connectivity index (χ1v) is 5.95. The van der Waals surface area contributed by atoms with Crippen LogP contribution in [0.1, 0.15) is 31.9 Å². The van der Waals surface area contributed by atoms with Gasteiger partial charge in [-0.05, 0) is 12.5 Å². The Morgan fingerprint density at radius 3 is 2.50 bits per heavy atom. The number of nitrogens with zero attached hydrogens (tertiary/aromatic N) is 1. The van der Waals surface area contributed by atoms with Gasteiger partial charge in [-0.1, -0.05) is 37.3 Å². The molecule has 0 spiro atoms. The van der Waals surface area contributed by atoms with Crippen molar-refractivity contribution in [3.63, 3.8) is 0 Å². The van der Waals surface area contributed by atoms with Crippen LogP contribution in [-0.2, 0) is 4.79 Å². The normalized spacial score (nSPS) is 13.7. The maximum absolute atomic E-state index is 11.7. The van der Waals surface area contributed by atoms with Gasteiger partial charge in [0.25, 0.3) is 0 Å². The topological polar surface area (TPSA) is 72.2 Å². The lowest BCUT2D eigenvalue weighted by molar-refractivity contribution is -0.487. The minimum absolute atomic E-state index is 0.0819. The molecule has 0 saturated heterocycles. The van der Waals surface area contributed by atoms with E-state index in [9.17, 15) is 14.9 Å². The van der Waals surface area contributed by atoms with Crippen molar-refractivity contribution >= 4 is 5.91 Å². The van der Waals surface area contributed by atoms with Crippen LogP contribution in [0.4, 0.5) is 0 Å². The zero-order valence-electron chi connectivity index (χ0n) is 10.6. The van der Waals surface area contributed by atoms with Crippen LogP contribution < -0.4 is 5.32 Å². The molecule has 18 heavy (non-hydrogen) atoms. The van der Waals surface area contributed by atoms with Gasteiger partial charge < -0.3 is 5.32 Å². The summed E-state index contributed by atoms with van der Waals surface area (Å²) in [5.41, 5.74) is 1.02. The molecule has 1 rings (SSSR count). The maximum Gasteiger partial charge on any atom is 0.220 e. The van der Waals surface area contributed by atoms with E-state index in [0.717, 1.165) is 5.56 Å². The average molecular weight is 250 g/mol. The molecule has 0 aromatic heterocycles. The summed E-state index contributed by atoms with van der Waals surface area (Å²) in [5.74, 6) is -0.399. The third-order valence-corrected chi connectivity index (χ3v) is 2.67. The van der Waals surface area contributed by atoms with Gasteiger partial charge in [-0.25, -0.2) is 0 Å². The van der Waals surface area contributed by atoms with Crippen LogP contribution in [0.25, 0.3) is 0 Å². The van der Waals surface area contributed by atoms with Crippen LogP contribution in [0.3, 0.4) is 0 Å². The van der Waals surface area contributed by atoms with Crippen LogP contribution in [0.15, 0.2) is 30.3 Å². The molecule has 0 bridgehead atoms. The Balaban J connectivity index is 2.43. The number of amides is 1. The zero-order valence-corrected chi connectivity index (χ0v) is 10.6. The van der Waals surface area contributed by atoms with E-state index in [4.69, 9.17) is 0 Å². The molecule has 0 radical (unpaired) electrons. The highest BCUT2D eigenvalue weighted by Crippen LogP contribution is 2.12. The van der Waals surface area contributed by atoms with Crippen molar-refractivity contribution in [3.05, 3.63) is 46.0 Å². The second kappa shape index (κ2) is 6.74. The smallest absolute Gasteiger partial charge is 0.220 e. The number of rotatable bonds is 6. The van der Waals surface area contributed by atoms with E-state index >= 15 is 0 Å². The minimum atomic E-state index is -0.390. The zero-order chi connectivity index (χ0) is 13.5. The molecule has 0 saturated carbocycles. The second-order valence-corrected chi connectivity index (χ2v) is 4.52. The summed E-state index contributed by atoms with van der Waals surface area (Å²) in [4.78, 5) is 21.6. The third kappa shape index (κ3) is 4.95. The molecule has 0 fully saturated rings. The van der Waals surface area contributed by atoms with Crippen molar-refractivity contribution in [3.8, 4) is 0 Å². The lowest BCUT2D eigenvalue weighted by Gasteiger charge is -2.15. The number of carbonyl (C=O) groups excluding carboxylic acids is 1. The molecule has 1 unspecified atom stereocenters. The van der Waals surface area contributed by atoms with E-state index in [2.05, 4.69) is 5.32 Å². The first-order valence-electron chi connectivity index (χ1n) is 5.95. The van der Waals surface area contributed by atoms with Gasteiger partial charge in [0.15, 0.2) is 0 Å². The molecular formula is C13H18N2O3. The highest BCUT2D eigenvalue weighted by Gasteiger charge is 2.16.